The molecule has 0 spiro atoms. The van der Waals surface area contributed by atoms with Crippen LogP contribution in [-0.2, 0) is 0 Å². The Hall–Kier alpha value is -4.93. The van der Waals surface area contributed by atoms with Crippen molar-refractivity contribution in [3.63, 3.8) is 0 Å². The zero-order valence-electron chi connectivity index (χ0n) is 24.9. The third kappa shape index (κ3) is 4.72. The Bertz CT molecular complexity index is 1940. The number of nitrogens with zero attached hydrogens (tertiary/aromatic N) is 1. The zero-order valence-corrected chi connectivity index (χ0v) is 24.9. The fourth-order valence-electron chi connectivity index (χ4n) is 8.13. The van der Waals surface area contributed by atoms with Gasteiger partial charge in [-0.3, -0.25) is 0 Å². The summed E-state index contributed by atoms with van der Waals surface area (Å²) in [4.78, 5) is 0. The molecular formula is C43H35N. The summed E-state index contributed by atoms with van der Waals surface area (Å²) in [5.74, 6) is 2.67. The average molecular weight is 566 g/mol. The van der Waals surface area contributed by atoms with Crippen molar-refractivity contribution >= 4 is 0 Å². The number of allylic oxidation sites excluding steroid dienone is 4. The summed E-state index contributed by atoms with van der Waals surface area (Å²) in [5.41, 5.74) is 13.0. The molecule has 4 atom stereocenters. The molecule has 1 heteroatoms. The van der Waals surface area contributed by atoms with Crippen LogP contribution in [0.3, 0.4) is 0 Å². The van der Waals surface area contributed by atoms with E-state index in [2.05, 4.69) is 134 Å². The minimum absolute atomic E-state index is 0.551. The van der Waals surface area contributed by atoms with Crippen molar-refractivity contribution in [3.8, 4) is 50.6 Å². The Morgan fingerprint density at radius 1 is 0.523 bits per heavy atom. The molecule has 4 unspecified atom stereocenters. The number of hydrogen-bond donors (Lipinski definition) is 0. The van der Waals surface area contributed by atoms with Crippen LogP contribution in [0, 0.1) is 23.2 Å². The van der Waals surface area contributed by atoms with Crippen LogP contribution >= 0.6 is 0 Å². The standard InChI is InChI=1S/C43H35N/c44-28-36-22-21-33(31-19-17-30(18-20-31)29-9-2-1-3-10-29)26-42(36)35-12-8-11-32(25-35)34-23-24-41-39-15-5-4-13-37(39)38-14-6-7-16-40(38)43(41)27-34/h1-3,5-12,15,17-27,37-40H,4,13-14,16H2. The second-order valence-electron chi connectivity index (χ2n) is 12.6. The van der Waals surface area contributed by atoms with E-state index in [1.165, 1.54) is 41.5 Å². The van der Waals surface area contributed by atoms with Gasteiger partial charge in [0.15, 0.2) is 0 Å². The second-order valence-corrected chi connectivity index (χ2v) is 12.6. The third-order valence-electron chi connectivity index (χ3n) is 10.3. The number of rotatable bonds is 4. The van der Waals surface area contributed by atoms with Crippen LogP contribution in [0.15, 0.2) is 140 Å². The number of nitriles is 1. The van der Waals surface area contributed by atoms with Gasteiger partial charge in [-0.1, -0.05) is 121 Å². The summed E-state index contributed by atoms with van der Waals surface area (Å²) in [6, 6.07) is 43.8. The molecule has 0 amide bonds. The van der Waals surface area contributed by atoms with Crippen molar-refractivity contribution in [1.29, 1.82) is 5.26 Å². The Kier molecular flexibility index (Phi) is 6.85. The lowest BCUT2D eigenvalue weighted by atomic mass is 9.58. The van der Waals surface area contributed by atoms with E-state index in [9.17, 15) is 5.26 Å². The van der Waals surface area contributed by atoms with Gasteiger partial charge in [-0.05, 0) is 112 Å². The average Bonchev–Trinajstić information content (AvgIpc) is 3.12. The Morgan fingerprint density at radius 3 is 2.02 bits per heavy atom. The largest absolute Gasteiger partial charge is 0.192 e. The van der Waals surface area contributed by atoms with Gasteiger partial charge in [0.25, 0.3) is 0 Å². The Morgan fingerprint density at radius 2 is 1.18 bits per heavy atom. The molecule has 8 rings (SSSR count). The lowest BCUT2D eigenvalue weighted by Crippen LogP contribution is -2.34. The molecule has 0 saturated carbocycles. The first kappa shape index (κ1) is 26.7. The Balaban J connectivity index is 1.15. The molecule has 3 aliphatic rings. The van der Waals surface area contributed by atoms with Gasteiger partial charge in [-0.2, -0.15) is 5.26 Å². The predicted octanol–water partition coefficient (Wildman–Crippen LogP) is 11.3. The van der Waals surface area contributed by atoms with Crippen LogP contribution < -0.4 is 0 Å². The monoisotopic (exact) mass is 565 g/mol. The van der Waals surface area contributed by atoms with E-state index >= 15 is 0 Å². The zero-order chi connectivity index (χ0) is 29.5. The van der Waals surface area contributed by atoms with Gasteiger partial charge >= 0.3 is 0 Å². The maximum absolute atomic E-state index is 10.1. The summed E-state index contributed by atoms with van der Waals surface area (Å²) in [6.07, 6.45) is 14.6. The molecule has 0 N–H and O–H groups in total. The predicted molar refractivity (Wildman–Crippen MR) is 182 cm³/mol. The van der Waals surface area contributed by atoms with Crippen molar-refractivity contribution in [2.24, 2.45) is 11.8 Å². The number of benzene rings is 5. The molecule has 212 valence electrons. The summed E-state index contributed by atoms with van der Waals surface area (Å²) >= 11 is 0. The highest BCUT2D eigenvalue weighted by Gasteiger charge is 2.42. The molecular weight excluding hydrogens is 530 g/mol. The van der Waals surface area contributed by atoms with E-state index in [0.717, 1.165) is 40.5 Å². The highest BCUT2D eigenvalue weighted by Crippen LogP contribution is 2.54. The van der Waals surface area contributed by atoms with Crippen LogP contribution in [0.5, 0.6) is 0 Å². The van der Waals surface area contributed by atoms with Gasteiger partial charge in [0.2, 0.25) is 0 Å². The molecule has 0 bridgehead atoms. The van der Waals surface area contributed by atoms with Crippen molar-refractivity contribution < 1.29 is 0 Å². The lowest BCUT2D eigenvalue weighted by Gasteiger charge is -2.46. The summed E-state index contributed by atoms with van der Waals surface area (Å²) < 4.78 is 0. The van der Waals surface area contributed by atoms with E-state index in [0.29, 0.717) is 17.4 Å². The summed E-state index contributed by atoms with van der Waals surface area (Å²) in [6.45, 7) is 0. The number of fused-ring (bicyclic) bond motifs is 6. The van der Waals surface area contributed by atoms with E-state index in [1.54, 1.807) is 11.1 Å². The highest BCUT2D eigenvalue weighted by molar-refractivity contribution is 5.81. The van der Waals surface area contributed by atoms with Crippen LogP contribution in [0.25, 0.3) is 44.5 Å². The van der Waals surface area contributed by atoms with Crippen molar-refractivity contribution in [3.05, 3.63) is 156 Å². The Labute approximate surface area is 260 Å². The number of hydrogen-bond acceptors (Lipinski definition) is 1. The van der Waals surface area contributed by atoms with Gasteiger partial charge in [0.05, 0.1) is 11.6 Å². The molecule has 3 aliphatic carbocycles. The topological polar surface area (TPSA) is 23.8 Å². The molecule has 0 aromatic heterocycles. The van der Waals surface area contributed by atoms with Crippen LogP contribution in [0.2, 0.25) is 0 Å². The van der Waals surface area contributed by atoms with Crippen molar-refractivity contribution in [2.45, 2.75) is 37.5 Å². The van der Waals surface area contributed by atoms with Gasteiger partial charge in [0, 0.05) is 11.5 Å². The van der Waals surface area contributed by atoms with E-state index in [1.807, 2.05) is 12.1 Å². The van der Waals surface area contributed by atoms with Crippen molar-refractivity contribution in [2.75, 3.05) is 0 Å². The van der Waals surface area contributed by atoms with Crippen LogP contribution in [0.4, 0.5) is 0 Å². The molecule has 0 aliphatic heterocycles. The van der Waals surface area contributed by atoms with E-state index < -0.39 is 0 Å². The molecule has 5 aromatic carbocycles. The molecule has 44 heavy (non-hydrogen) atoms. The van der Waals surface area contributed by atoms with E-state index in [4.69, 9.17) is 0 Å². The normalized spacial score (nSPS) is 21.5. The first-order valence-electron chi connectivity index (χ1n) is 16.0. The van der Waals surface area contributed by atoms with Gasteiger partial charge < -0.3 is 0 Å². The quantitative estimate of drug-likeness (QED) is 0.199. The molecule has 5 aromatic rings. The van der Waals surface area contributed by atoms with Gasteiger partial charge in [-0.25, -0.2) is 0 Å². The highest BCUT2D eigenvalue weighted by atomic mass is 14.5. The molecule has 0 radical (unpaired) electrons. The first-order chi connectivity index (χ1) is 21.8. The fraction of sp³-hybridized carbons (Fsp3) is 0.186. The molecule has 0 heterocycles. The van der Waals surface area contributed by atoms with Gasteiger partial charge in [-0.15, -0.1) is 0 Å². The second kappa shape index (κ2) is 11.3. The van der Waals surface area contributed by atoms with Crippen LogP contribution in [-0.4, -0.2) is 0 Å². The molecule has 0 fully saturated rings. The maximum atomic E-state index is 10.1. The first-order valence-corrected chi connectivity index (χ1v) is 16.0. The van der Waals surface area contributed by atoms with Crippen molar-refractivity contribution in [1.82, 2.24) is 0 Å². The lowest BCUT2D eigenvalue weighted by molar-refractivity contribution is 0.213. The minimum Gasteiger partial charge on any atom is -0.192 e. The SMILES string of the molecule is N#Cc1ccc(-c2ccc(-c3ccccc3)cc2)cc1-c1cccc(-c2ccc3c(c2)C2CC=CCC2C2CCC=CC32)c1. The fourth-order valence-corrected chi connectivity index (χ4v) is 8.13. The molecule has 0 saturated heterocycles. The maximum Gasteiger partial charge on any atom is 0.0998 e. The minimum atomic E-state index is 0.551. The summed E-state index contributed by atoms with van der Waals surface area (Å²) in [5, 5.41) is 10.1. The van der Waals surface area contributed by atoms with Gasteiger partial charge in [0.1, 0.15) is 0 Å². The molecule has 1 nitrogen and oxygen atoms in total. The van der Waals surface area contributed by atoms with Crippen LogP contribution in [0.1, 0.15) is 54.2 Å². The van der Waals surface area contributed by atoms with E-state index in [-0.39, 0.29) is 0 Å². The summed E-state index contributed by atoms with van der Waals surface area (Å²) in [7, 11) is 0. The smallest absolute Gasteiger partial charge is 0.0998 e. The third-order valence-corrected chi connectivity index (χ3v) is 10.3.